The van der Waals surface area contributed by atoms with Crippen LogP contribution in [0.2, 0.25) is 0 Å². The second-order valence-corrected chi connectivity index (χ2v) is 5.88. The van der Waals surface area contributed by atoms with Crippen LogP contribution in [0.3, 0.4) is 0 Å². The first kappa shape index (κ1) is 15.4. The number of anilines is 2. The zero-order valence-corrected chi connectivity index (χ0v) is 13.1. The number of ether oxygens (including phenoxy) is 1. The van der Waals surface area contributed by atoms with Gasteiger partial charge in [-0.2, -0.15) is 0 Å². The number of rotatable bonds is 6. The van der Waals surface area contributed by atoms with Crippen molar-refractivity contribution >= 4 is 28.7 Å². The highest BCUT2D eigenvalue weighted by Crippen LogP contribution is 2.23. The Hall–Kier alpha value is -2.01. The van der Waals surface area contributed by atoms with Gasteiger partial charge in [0.05, 0.1) is 23.5 Å². The Labute approximate surface area is 128 Å². The second kappa shape index (κ2) is 7.13. The summed E-state index contributed by atoms with van der Waals surface area (Å²) >= 11 is 1.74. The second-order valence-electron chi connectivity index (χ2n) is 4.85. The summed E-state index contributed by atoms with van der Waals surface area (Å²) in [5.41, 5.74) is 7.88. The van der Waals surface area contributed by atoms with E-state index in [1.54, 1.807) is 36.5 Å². The summed E-state index contributed by atoms with van der Waals surface area (Å²) < 4.78 is 5.01. The number of hydrogen-bond donors (Lipinski definition) is 2. The predicted molar refractivity (Wildman–Crippen MR) is 87.9 cm³/mol. The van der Waals surface area contributed by atoms with Crippen LogP contribution in [0.5, 0.6) is 0 Å². The van der Waals surface area contributed by atoms with Crippen molar-refractivity contribution in [3.63, 3.8) is 0 Å². The largest absolute Gasteiger partial charge is 0.462 e. The topological polar surface area (TPSA) is 64.3 Å². The quantitative estimate of drug-likeness (QED) is 0.633. The van der Waals surface area contributed by atoms with Gasteiger partial charge in [0.15, 0.2) is 0 Å². The van der Waals surface area contributed by atoms with Gasteiger partial charge < -0.3 is 15.8 Å². The summed E-state index contributed by atoms with van der Waals surface area (Å²) in [5.74, 6) is -0.327. The van der Waals surface area contributed by atoms with Crippen LogP contribution in [0.15, 0.2) is 35.7 Å². The number of thiophene rings is 1. The van der Waals surface area contributed by atoms with E-state index in [-0.39, 0.29) is 12.0 Å². The molecule has 0 fully saturated rings. The summed E-state index contributed by atoms with van der Waals surface area (Å²) in [6.45, 7) is 4.24. The number of carbonyl (C=O) groups excluding carboxylic acids is 1. The van der Waals surface area contributed by atoms with E-state index in [4.69, 9.17) is 10.5 Å². The first-order chi connectivity index (χ1) is 10.1. The van der Waals surface area contributed by atoms with Crippen molar-refractivity contribution < 1.29 is 9.53 Å². The van der Waals surface area contributed by atoms with Crippen LogP contribution < -0.4 is 11.1 Å². The van der Waals surface area contributed by atoms with Gasteiger partial charge in [0.2, 0.25) is 0 Å². The Balaban J connectivity index is 2.07. The van der Waals surface area contributed by atoms with Crippen LogP contribution in [-0.4, -0.2) is 18.6 Å². The standard InChI is InChI=1S/C16H20N2O2S/c1-3-20-16(19)12-6-7-14(17)15(10-12)18-11(2)9-13-5-4-8-21-13/h4-8,10-11,18H,3,9,17H2,1-2H3. The fourth-order valence-corrected chi connectivity index (χ4v) is 2.90. The monoisotopic (exact) mass is 304 g/mol. The van der Waals surface area contributed by atoms with Gasteiger partial charge >= 0.3 is 5.97 Å². The molecule has 0 amide bonds. The fourth-order valence-electron chi connectivity index (χ4n) is 2.07. The minimum Gasteiger partial charge on any atom is -0.462 e. The lowest BCUT2D eigenvalue weighted by Crippen LogP contribution is -2.19. The molecule has 112 valence electrons. The molecule has 0 bridgehead atoms. The number of esters is 1. The number of nitrogens with two attached hydrogens (primary N) is 1. The smallest absolute Gasteiger partial charge is 0.338 e. The van der Waals surface area contributed by atoms with E-state index in [1.807, 2.05) is 6.07 Å². The van der Waals surface area contributed by atoms with E-state index >= 15 is 0 Å². The normalized spacial score (nSPS) is 11.9. The third-order valence-corrected chi connectivity index (χ3v) is 3.95. The molecule has 1 aromatic heterocycles. The molecule has 0 aliphatic rings. The highest BCUT2D eigenvalue weighted by atomic mass is 32.1. The van der Waals surface area contributed by atoms with Gasteiger partial charge in [-0.15, -0.1) is 11.3 Å². The van der Waals surface area contributed by atoms with Crippen LogP contribution in [0, 0.1) is 0 Å². The number of nitrogens with one attached hydrogen (secondary N) is 1. The minimum absolute atomic E-state index is 0.225. The Bertz CT molecular complexity index is 596. The Morgan fingerprint density at radius 2 is 2.24 bits per heavy atom. The molecule has 0 saturated carbocycles. The Kier molecular flexibility index (Phi) is 5.22. The van der Waals surface area contributed by atoms with Crippen molar-refractivity contribution in [1.82, 2.24) is 0 Å². The molecule has 1 atom stereocenters. The van der Waals surface area contributed by atoms with Crippen molar-refractivity contribution in [2.75, 3.05) is 17.7 Å². The average Bonchev–Trinajstić information content (AvgIpc) is 2.94. The van der Waals surface area contributed by atoms with Crippen LogP contribution in [0.4, 0.5) is 11.4 Å². The minimum atomic E-state index is -0.327. The van der Waals surface area contributed by atoms with Crippen molar-refractivity contribution in [2.24, 2.45) is 0 Å². The molecule has 0 spiro atoms. The van der Waals surface area contributed by atoms with E-state index in [2.05, 4.69) is 23.7 Å². The highest BCUT2D eigenvalue weighted by Gasteiger charge is 2.11. The molecule has 0 saturated heterocycles. The summed E-state index contributed by atoms with van der Waals surface area (Å²) in [4.78, 5) is 13.1. The molecule has 2 rings (SSSR count). The van der Waals surface area contributed by atoms with E-state index in [0.717, 1.165) is 12.1 Å². The molecule has 0 radical (unpaired) electrons. The maximum absolute atomic E-state index is 11.8. The van der Waals surface area contributed by atoms with E-state index < -0.39 is 0 Å². The zero-order chi connectivity index (χ0) is 15.2. The molecule has 0 aliphatic heterocycles. The maximum Gasteiger partial charge on any atom is 0.338 e. The SMILES string of the molecule is CCOC(=O)c1ccc(N)c(NC(C)Cc2cccs2)c1. The third-order valence-electron chi connectivity index (χ3n) is 3.05. The molecule has 1 aromatic carbocycles. The van der Waals surface area contributed by atoms with Gasteiger partial charge in [-0.1, -0.05) is 6.07 Å². The van der Waals surface area contributed by atoms with Gasteiger partial charge in [0, 0.05) is 17.3 Å². The summed E-state index contributed by atoms with van der Waals surface area (Å²) in [6, 6.07) is 9.54. The third kappa shape index (κ3) is 4.23. The van der Waals surface area contributed by atoms with Crippen LogP contribution in [0.1, 0.15) is 29.1 Å². The Morgan fingerprint density at radius 1 is 1.43 bits per heavy atom. The fraction of sp³-hybridized carbons (Fsp3) is 0.312. The van der Waals surface area contributed by atoms with Crippen molar-refractivity contribution in [1.29, 1.82) is 0 Å². The van der Waals surface area contributed by atoms with Gasteiger partial charge in [-0.05, 0) is 43.5 Å². The van der Waals surface area contributed by atoms with Crippen LogP contribution in [0.25, 0.3) is 0 Å². The van der Waals surface area contributed by atoms with Crippen molar-refractivity contribution in [2.45, 2.75) is 26.3 Å². The van der Waals surface area contributed by atoms with Gasteiger partial charge in [-0.25, -0.2) is 4.79 Å². The molecule has 2 aromatic rings. The lowest BCUT2D eigenvalue weighted by Gasteiger charge is -2.17. The van der Waals surface area contributed by atoms with Gasteiger partial charge in [-0.3, -0.25) is 0 Å². The molecule has 3 N–H and O–H groups in total. The first-order valence-corrected chi connectivity index (χ1v) is 7.83. The number of carbonyl (C=O) groups is 1. The lowest BCUT2D eigenvalue weighted by atomic mass is 10.1. The summed E-state index contributed by atoms with van der Waals surface area (Å²) in [6.07, 6.45) is 0.917. The highest BCUT2D eigenvalue weighted by molar-refractivity contribution is 7.09. The first-order valence-electron chi connectivity index (χ1n) is 6.95. The molecule has 0 aliphatic carbocycles. The molecular weight excluding hydrogens is 284 g/mol. The van der Waals surface area contributed by atoms with E-state index in [1.165, 1.54) is 4.88 Å². The van der Waals surface area contributed by atoms with Crippen LogP contribution >= 0.6 is 11.3 Å². The summed E-state index contributed by atoms with van der Waals surface area (Å²) in [5, 5.41) is 5.43. The average molecular weight is 304 g/mol. The number of nitrogen functional groups attached to an aromatic ring is 1. The van der Waals surface area contributed by atoms with Crippen molar-refractivity contribution in [3.8, 4) is 0 Å². The Morgan fingerprint density at radius 3 is 2.90 bits per heavy atom. The predicted octanol–water partition coefficient (Wildman–Crippen LogP) is 3.55. The van der Waals surface area contributed by atoms with Gasteiger partial charge in [0.1, 0.15) is 0 Å². The maximum atomic E-state index is 11.8. The molecule has 5 heteroatoms. The zero-order valence-electron chi connectivity index (χ0n) is 12.3. The molecule has 21 heavy (non-hydrogen) atoms. The molecule has 1 unspecified atom stereocenters. The lowest BCUT2D eigenvalue weighted by molar-refractivity contribution is 0.0526. The van der Waals surface area contributed by atoms with E-state index in [0.29, 0.717) is 17.9 Å². The van der Waals surface area contributed by atoms with Crippen molar-refractivity contribution in [3.05, 3.63) is 46.2 Å². The summed E-state index contributed by atoms with van der Waals surface area (Å²) in [7, 11) is 0. The van der Waals surface area contributed by atoms with E-state index in [9.17, 15) is 4.79 Å². The van der Waals surface area contributed by atoms with Crippen LogP contribution in [-0.2, 0) is 11.2 Å². The number of benzene rings is 1. The number of hydrogen-bond acceptors (Lipinski definition) is 5. The molecular formula is C16H20N2O2S. The molecule has 4 nitrogen and oxygen atoms in total. The van der Waals surface area contributed by atoms with Gasteiger partial charge in [0.25, 0.3) is 0 Å². The molecule has 1 heterocycles.